The molecule has 0 N–H and O–H groups in total. The van der Waals surface area contributed by atoms with Gasteiger partial charge in [-0.15, -0.1) is 5.10 Å². The molecule has 0 radical (unpaired) electrons. The smallest absolute Gasteiger partial charge is 0.136 e. The number of hydrogen-bond donors (Lipinski definition) is 0. The van der Waals surface area contributed by atoms with Gasteiger partial charge < -0.3 is 0 Å². The zero-order chi connectivity index (χ0) is 19.8. The number of benzene rings is 1. The molecule has 6 rings (SSSR count). The van der Waals surface area contributed by atoms with E-state index in [4.69, 9.17) is 0 Å². The first-order valence-electron chi connectivity index (χ1n) is 11.2. The van der Waals surface area contributed by atoms with Crippen LogP contribution in [0, 0.1) is 28.6 Å². The average Bonchev–Trinajstić information content (AvgIpc) is 3.29. The van der Waals surface area contributed by atoms with E-state index < -0.39 is 0 Å². The number of rotatable bonds is 1. The van der Waals surface area contributed by atoms with E-state index in [-0.39, 0.29) is 10.8 Å². The van der Waals surface area contributed by atoms with E-state index in [0.717, 1.165) is 36.7 Å². The highest BCUT2D eigenvalue weighted by Gasteiger charge is 2.57. The van der Waals surface area contributed by atoms with Crippen LogP contribution in [0.5, 0.6) is 0 Å². The highest BCUT2D eigenvalue weighted by Crippen LogP contribution is 2.65. The Hall–Kier alpha value is -2.23. The van der Waals surface area contributed by atoms with Crippen LogP contribution >= 0.6 is 0 Å². The van der Waals surface area contributed by atoms with Crippen molar-refractivity contribution in [1.82, 2.24) is 15.0 Å². The van der Waals surface area contributed by atoms with Gasteiger partial charge in [0.1, 0.15) is 11.3 Å². The Morgan fingerprint density at radius 3 is 2.79 bits per heavy atom. The van der Waals surface area contributed by atoms with Crippen LogP contribution in [0.15, 0.2) is 42.0 Å². The number of carbonyl (C=O) groups excluding carboxylic acids is 1. The van der Waals surface area contributed by atoms with Gasteiger partial charge >= 0.3 is 0 Å². The number of ketones is 1. The number of fused-ring (bicyclic) bond motifs is 6. The second-order valence-corrected chi connectivity index (χ2v) is 10.2. The Morgan fingerprint density at radius 1 is 1.03 bits per heavy atom. The molecule has 4 aliphatic carbocycles. The number of Topliss-reactive ketones (excluding diaryl/α,β-unsaturated/α-hetero) is 1. The zero-order valence-electron chi connectivity index (χ0n) is 17.4. The molecule has 4 nitrogen and oxygen atoms in total. The van der Waals surface area contributed by atoms with Crippen molar-refractivity contribution < 1.29 is 4.79 Å². The molecule has 1 heterocycles. The van der Waals surface area contributed by atoms with Crippen LogP contribution < -0.4 is 0 Å². The molecule has 2 saturated carbocycles. The SMILES string of the molecule is C[C@]12CCC(=O)CC1=CCC1C2CC[C@]2(C)C(n3nnc4ccccc43)=CCC12. The summed E-state index contributed by atoms with van der Waals surface area (Å²) in [5.41, 5.74) is 5.29. The predicted octanol–water partition coefficient (Wildman–Crippen LogP) is 5.41. The van der Waals surface area contributed by atoms with Gasteiger partial charge in [0.25, 0.3) is 0 Å². The van der Waals surface area contributed by atoms with Crippen LogP contribution in [0.25, 0.3) is 16.7 Å². The van der Waals surface area contributed by atoms with Gasteiger partial charge in [0, 0.05) is 24.0 Å². The molecule has 5 atom stereocenters. The molecule has 29 heavy (non-hydrogen) atoms. The maximum absolute atomic E-state index is 12.1. The highest BCUT2D eigenvalue weighted by molar-refractivity contribution is 5.83. The Bertz CT molecular complexity index is 1080. The van der Waals surface area contributed by atoms with Crippen molar-refractivity contribution in [2.75, 3.05) is 0 Å². The number of hydrogen-bond acceptors (Lipinski definition) is 3. The largest absolute Gasteiger partial charge is 0.299 e. The molecule has 3 unspecified atom stereocenters. The maximum atomic E-state index is 12.1. The summed E-state index contributed by atoms with van der Waals surface area (Å²) in [6.07, 6.45) is 12.2. The molecule has 1 aromatic carbocycles. The minimum absolute atomic E-state index is 0.157. The molecule has 0 bridgehead atoms. The molecule has 0 amide bonds. The Balaban J connectivity index is 1.37. The maximum Gasteiger partial charge on any atom is 0.136 e. The van der Waals surface area contributed by atoms with Crippen LogP contribution in [-0.4, -0.2) is 20.8 Å². The van der Waals surface area contributed by atoms with Gasteiger partial charge in [-0.25, -0.2) is 4.68 Å². The minimum Gasteiger partial charge on any atom is -0.299 e. The molecule has 1 aromatic heterocycles. The average molecular weight is 388 g/mol. The van der Waals surface area contributed by atoms with E-state index in [1.807, 2.05) is 12.1 Å². The number of para-hydroxylation sites is 1. The number of allylic oxidation sites excluding steroid dienone is 4. The van der Waals surface area contributed by atoms with E-state index in [1.165, 1.54) is 24.1 Å². The summed E-state index contributed by atoms with van der Waals surface area (Å²) in [5.74, 6) is 2.52. The fourth-order valence-corrected chi connectivity index (χ4v) is 7.40. The summed E-state index contributed by atoms with van der Waals surface area (Å²) >= 11 is 0. The summed E-state index contributed by atoms with van der Waals surface area (Å²) in [5, 5.41) is 8.97. The Labute approximate surface area is 172 Å². The van der Waals surface area contributed by atoms with E-state index in [9.17, 15) is 4.79 Å². The fraction of sp³-hybridized carbons (Fsp3) is 0.560. The summed E-state index contributed by atoms with van der Waals surface area (Å²) in [6.45, 7) is 4.92. The molecule has 4 heteroatoms. The molecule has 2 aromatic rings. The monoisotopic (exact) mass is 387 g/mol. The van der Waals surface area contributed by atoms with Gasteiger partial charge in [-0.1, -0.05) is 48.9 Å². The topological polar surface area (TPSA) is 47.8 Å². The third kappa shape index (κ3) is 2.29. The van der Waals surface area contributed by atoms with Gasteiger partial charge in [-0.2, -0.15) is 0 Å². The molecular weight excluding hydrogens is 358 g/mol. The van der Waals surface area contributed by atoms with E-state index >= 15 is 0 Å². The van der Waals surface area contributed by atoms with Crippen molar-refractivity contribution in [2.45, 2.75) is 58.8 Å². The molecule has 0 saturated heterocycles. The molecule has 150 valence electrons. The lowest BCUT2D eigenvalue weighted by molar-refractivity contribution is -0.122. The summed E-state index contributed by atoms with van der Waals surface area (Å²) < 4.78 is 2.11. The Morgan fingerprint density at radius 2 is 1.90 bits per heavy atom. The number of aromatic nitrogens is 3. The van der Waals surface area contributed by atoms with E-state index in [0.29, 0.717) is 30.0 Å². The first kappa shape index (κ1) is 17.6. The predicted molar refractivity (Wildman–Crippen MR) is 114 cm³/mol. The molecule has 4 aliphatic rings. The summed E-state index contributed by atoms with van der Waals surface area (Å²) in [7, 11) is 0. The Kier molecular flexibility index (Phi) is 3.58. The van der Waals surface area contributed by atoms with Crippen molar-refractivity contribution in [3.63, 3.8) is 0 Å². The van der Waals surface area contributed by atoms with Gasteiger partial charge in [0.2, 0.25) is 0 Å². The quantitative estimate of drug-likeness (QED) is 0.614. The van der Waals surface area contributed by atoms with Crippen molar-refractivity contribution in [3.8, 4) is 0 Å². The third-order valence-corrected chi connectivity index (χ3v) is 9.06. The standard InChI is InChI=1S/C25H29N3O/c1-24-13-11-17(29)15-16(24)7-8-18-19-9-10-23(25(19,2)14-12-20(18)24)28-22-6-4-3-5-21(22)26-27-28/h3-7,10,18-20H,8-9,11-15H2,1-2H3/t18?,19?,20?,24-,25-/m0/s1. The van der Waals surface area contributed by atoms with Crippen LogP contribution in [0.3, 0.4) is 0 Å². The van der Waals surface area contributed by atoms with E-state index in [2.05, 4.69) is 53.1 Å². The number of nitrogens with zero attached hydrogens (tertiary/aromatic N) is 3. The van der Waals surface area contributed by atoms with Crippen molar-refractivity contribution in [3.05, 3.63) is 42.0 Å². The fourth-order valence-electron chi connectivity index (χ4n) is 7.40. The van der Waals surface area contributed by atoms with Gasteiger partial charge in [0.15, 0.2) is 0 Å². The van der Waals surface area contributed by atoms with Crippen LogP contribution in [0.2, 0.25) is 0 Å². The van der Waals surface area contributed by atoms with Crippen molar-refractivity contribution in [1.29, 1.82) is 0 Å². The first-order valence-corrected chi connectivity index (χ1v) is 11.2. The molecular formula is C25H29N3O. The first-order chi connectivity index (χ1) is 14.0. The van der Waals surface area contributed by atoms with Gasteiger partial charge in [-0.3, -0.25) is 4.79 Å². The van der Waals surface area contributed by atoms with E-state index in [1.54, 1.807) is 0 Å². The minimum atomic E-state index is 0.157. The normalized spacial score (nSPS) is 38.8. The molecule has 0 aliphatic heterocycles. The molecule has 0 spiro atoms. The highest BCUT2D eigenvalue weighted by atomic mass is 16.1. The lowest BCUT2D eigenvalue weighted by Crippen LogP contribution is -2.49. The van der Waals surface area contributed by atoms with Crippen molar-refractivity contribution in [2.24, 2.45) is 28.6 Å². The molecule has 2 fully saturated rings. The summed E-state index contributed by atoms with van der Waals surface area (Å²) in [4.78, 5) is 12.1. The van der Waals surface area contributed by atoms with Gasteiger partial charge in [-0.05, 0) is 67.4 Å². The number of carbonyl (C=O) groups is 1. The zero-order valence-corrected chi connectivity index (χ0v) is 17.4. The second-order valence-electron chi connectivity index (χ2n) is 10.2. The van der Waals surface area contributed by atoms with Crippen molar-refractivity contribution >= 4 is 22.5 Å². The third-order valence-electron chi connectivity index (χ3n) is 9.06. The van der Waals surface area contributed by atoms with Crippen LogP contribution in [-0.2, 0) is 4.79 Å². The lowest BCUT2D eigenvalue weighted by Gasteiger charge is -2.57. The van der Waals surface area contributed by atoms with Crippen LogP contribution in [0.4, 0.5) is 0 Å². The second kappa shape index (κ2) is 5.90. The van der Waals surface area contributed by atoms with Crippen LogP contribution in [0.1, 0.15) is 58.8 Å². The van der Waals surface area contributed by atoms with Gasteiger partial charge in [0.05, 0.1) is 5.52 Å². The summed E-state index contributed by atoms with van der Waals surface area (Å²) in [6, 6.07) is 8.28. The lowest BCUT2D eigenvalue weighted by atomic mass is 9.48.